The largest absolute Gasteiger partial charge is 0.495 e. The molecule has 0 saturated carbocycles. The van der Waals surface area contributed by atoms with Crippen molar-refractivity contribution in [3.63, 3.8) is 0 Å². The number of rotatable bonds is 4. The van der Waals surface area contributed by atoms with Crippen molar-refractivity contribution in [2.45, 2.75) is 44.3 Å². The molecule has 0 unspecified atom stereocenters. The van der Waals surface area contributed by atoms with Gasteiger partial charge in [-0.1, -0.05) is 13.0 Å². The van der Waals surface area contributed by atoms with E-state index in [2.05, 4.69) is 0 Å². The molecule has 0 N–H and O–H groups in total. The van der Waals surface area contributed by atoms with Crippen LogP contribution in [0.4, 0.5) is 0 Å². The van der Waals surface area contributed by atoms with E-state index in [4.69, 9.17) is 9.47 Å². The van der Waals surface area contributed by atoms with E-state index >= 15 is 0 Å². The topological polar surface area (TPSA) is 55.8 Å². The number of ether oxygens (including phenoxy) is 2. The van der Waals surface area contributed by atoms with E-state index in [9.17, 15) is 8.42 Å². The first kappa shape index (κ1) is 16.3. The molecular formula is C15H23NO4S. The molecule has 5 nitrogen and oxygen atoms in total. The lowest BCUT2D eigenvalue weighted by Crippen LogP contribution is -2.48. The van der Waals surface area contributed by atoms with Gasteiger partial charge in [0.05, 0.1) is 19.3 Å². The van der Waals surface area contributed by atoms with Crippen molar-refractivity contribution in [2.75, 3.05) is 20.2 Å². The highest BCUT2D eigenvalue weighted by atomic mass is 32.2. The first-order valence-electron chi connectivity index (χ1n) is 7.21. The molecule has 2 atom stereocenters. The molecule has 0 radical (unpaired) electrons. The molecule has 0 bridgehead atoms. The molecule has 1 heterocycles. The number of hydrogen-bond acceptors (Lipinski definition) is 4. The number of morpholine rings is 1. The summed E-state index contributed by atoms with van der Waals surface area (Å²) in [5.74, 6) is 0.388. The molecule has 118 valence electrons. The summed E-state index contributed by atoms with van der Waals surface area (Å²) in [6.45, 7) is 6.51. The normalized spacial score (nSPS) is 24.0. The first-order chi connectivity index (χ1) is 9.88. The number of aryl methyl sites for hydroxylation is 1. The van der Waals surface area contributed by atoms with Crippen molar-refractivity contribution in [2.24, 2.45) is 0 Å². The Labute approximate surface area is 126 Å². The third-order valence-electron chi connectivity index (χ3n) is 3.64. The number of hydrogen-bond donors (Lipinski definition) is 0. The summed E-state index contributed by atoms with van der Waals surface area (Å²) in [5, 5.41) is 0. The molecule has 1 aliphatic heterocycles. The lowest BCUT2D eigenvalue weighted by molar-refractivity contribution is -0.0441. The fourth-order valence-electron chi connectivity index (χ4n) is 2.61. The van der Waals surface area contributed by atoms with E-state index in [1.165, 1.54) is 11.4 Å². The van der Waals surface area contributed by atoms with Crippen molar-refractivity contribution in [1.29, 1.82) is 0 Å². The maximum absolute atomic E-state index is 12.9. The maximum Gasteiger partial charge on any atom is 0.246 e. The molecule has 0 aliphatic carbocycles. The van der Waals surface area contributed by atoms with Crippen LogP contribution in [0.3, 0.4) is 0 Å². The van der Waals surface area contributed by atoms with Crippen LogP contribution < -0.4 is 4.74 Å². The average Bonchev–Trinajstić information content (AvgIpc) is 2.45. The van der Waals surface area contributed by atoms with Crippen molar-refractivity contribution < 1.29 is 17.9 Å². The van der Waals surface area contributed by atoms with Gasteiger partial charge >= 0.3 is 0 Å². The fourth-order valence-corrected chi connectivity index (χ4v) is 4.41. The molecule has 1 aliphatic rings. The van der Waals surface area contributed by atoms with Gasteiger partial charge in [0.1, 0.15) is 10.6 Å². The Morgan fingerprint density at radius 1 is 1.29 bits per heavy atom. The highest BCUT2D eigenvalue weighted by Gasteiger charge is 2.34. The van der Waals surface area contributed by atoms with E-state index in [1.807, 2.05) is 26.8 Å². The molecule has 0 spiro atoms. The van der Waals surface area contributed by atoms with Gasteiger partial charge in [0.25, 0.3) is 0 Å². The first-order valence-corrected chi connectivity index (χ1v) is 8.65. The Hall–Kier alpha value is -1.11. The van der Waals surface area contributed by atoms with Crippen molar-refractivity contribution in [3.8, 4) is 5.75 Å². The van der Waals surface area contributed by atoms with Crippen molar-refractivity contribution in [1.82, 2.24) is 4.31 Å². The summed E-state index contributed by atoms with van der Waals surface area (Å²) in [5.41, 5.74) is 0.976. The predicted octanol–water partition coefficient (Wildman–Crippen LogP) is 2.06. The highest BCUT2D eigenvalue weighted by molar-refractivity contribution is 7.89. The molecular weight excluding hydrogens is 290 g/mol. The van der Waals surface area contributed by atoms with Crippen molar-refractivity contribution in [3.05, 3.63) is 23.8 Å². The van der Waals surface area contributed by atoms with Gasteiger partial charge in [-0.05, 0) is 38.0 Å². The van der Waals surface area contributed by atoms with Gasteiger partial charge in [-0.2, -0.15) is 4.31 Å². The minimum absolute atomic E-state index is 0.108. The zero-order valence-electron chi connectivity index (χ0n) is 13.0. The monoisotopic (exact) mass is 313 g/mol. The summed E-state index contributed by atoms with van der Waals surface area (Å²) < 4.78 is 38.2. The second-order valence-electron chi connectivity index (χ2n) is 5.42. The van der Waals surface area contributed by atoms with Crippen LogP contribution >= 0.6 is 0 Å². The van der Waals surface area contributed by atoms with Crippen LogP contribution in [0.5, 0.6) is 5.75 Å². The lowest BCUT2D eigenvalue weighted by atomic mass is 10.2. The Balaban J connectivity index is 2.43. The summed E-state index contributed by atoms with van der Waals surface area (Å²) in [7, 11) is -2.08. The second-order valence-corrected chi connectivity index (χ2v) is 7.32. The minimum Gasteiger partial charge on any atom is -0.495 e. The third-order valence-corrected chi connectivity index (χ3v) is 5.49. The Bertz CT molecular complexity index is 590. The number of methoxy groups -OCH3 is 1. The summed E-state index contributed by atoms with van der Waals surface area (Å²) in [6, 6.07) is 5.32. The number of benzene rings is 1. The molecule has 2 rings (SSSR count). The Kier molecular flexibility index (Phi) is 4.91. The van der Waals surface area contributed by atoms with Gasteiger partial charge in [-0.15, -0.1) is 0 Å². The van der Waals surface area contributed by atoms with E-state index in [0.29, 0.717) is 18.8 Å². The average molecular weight is 313 g/mol. The zero-order chi connectivity index (χ0) is 15.6. The number of sulfonamides is 1. The molecule has 1 fully saturated rings. The van der Waals surface area contributed by atoms with Gasteiger partial charge in [0.2, 0.25) is 10.0 Å². The predicted molar refractivity (Wildman–Crippen MR) is 81.1 cm³/mol. The van der Waals surface area contributed by atoms with Gasteiger partial charge in [-0.25, -0.2) is 8.42 Å². The van der Waals surface area contributed by atoms with Crippen LogP contribution in [-0.4, -0.2) is 45.1 Å². The number of nitrogens with zero attached hydrogens (tertiary/aromatic N) is 1. The van der Waals surface area contributed by atoms with E-state index in [-0.39, 0.29) is 17.1 Å². The highest BCUT2D eigenvalue weighted by Crippen LogP contribution is 2.29. The molecule has 0 amide bonds. The van der Waals surface area contributed by atoms with E-state index in [0.717, 1.165) is 12.0 Å². The van der Waals surface area contributed by atoms with Crippen LogP contribution in [0.25, 0.3) is 0 Å². The van der Waals surface area contributed by atoms with Crippen molar-refractivity contribution >= 4 is 10.0 Å². The quantitative estimate of drug-likeness (QED) is 0.854. The zero-order valence-corrected chi connectivity index (χ0v) is 13.8. The van der Waals surface area contributed by atoms with Crippen LogP contribution in [0, 0.1) is 0 Å². The SMILES string of the molecule is CCc1ccc(OC)c(S(=O)(=O)N2C[C@@H](C)O[C@H](C)C2)c1. The molecule has 6 heteroatoms. The summed E-state index contributed by atoms with van der Waals surface area (Å²) >= 11 is 0. The Morgan fingerprint density at radius 3 is 2.43 bits per heavy atom. The minimum atomic E-state index is -3.57. The van der Waals surface area contributed by atoms with Crippen LogP contribution in [0.1, 0.15) is 26.3 Å². The van der Waals surface area contributed by atoms with E-state index in [1.54, 1.807) is 12.1 Å². The molecule has 21 heavy (non-hydrogen) atoms. The van der Waals surface area contributed by atoms with Gasteiger partial charge in [0.15, 0.2) is 0 Å². The third kappa shape index (κ3) is 3.39. The Morgan fingerprint density at radius 2 is 1.90 bits per heavy atom. The second kappa shape index (κ2) is 6.34. The summed E-state index contributed by atoms with van der Waals surface area (Å²) in [6.07, 6.45) is 0.565. The lowest BCUT2D eigenvalue weighted by Gasteiger charge is -2.34. The summed E-state index contributed by atoms with van der Waals surface area (Å²) in [4.78, 5) is 0.241. The van der Waals surface area contributed by atoms with Gasteiger partial charge in [0, 0.05) is 13.1 Å². The maximum atomic E-state index is 12.9. The molecule has 1 aromatic rings. The molecule has 0 aromatic heterocycles. The molecule has 1 saturated heterocycles. The fraction of sp³-hybridized carbons (Fsp3) is 0.600. The van der Waals surface area contributed by atoms with Crippen LogP contribution in [-0.2, 0) is 21.2 Å². The standard InChI is InChI=1S/C15H23NO4S/c1-5-13-6-7-14(19-4)15(8-13)21(17,18)16-9-11(2)20-12(3)10-16/h6-8,11-12H,5,9-10H2,1-4H3/t11-,12-/m1/s1. The van der Waals surface area contributed by atoms with Gasteiger partial charge in [-0.3, -0.25) is 0 Å². The van der Waals surface area contributed by atoms with Gasteiger partial charge < -0.3 is 9.47 Å². The van der Waals surface area contributed by atoms with Crippen LogP contribution in [0.15, 0.2) is 23.1 Å². The van der Waals surface area contributed by atoms with Crippen LogP contribution in [0.2, 0.25) is 0 Å². The smallest absolute Gasteiger partial charge is 0.246 e. The molecule has 1 aromatic carbocycles. The van der Waals surface area contributed by atoms with E-state index < -0.39 is 10.0 Å².